The van der Waals surface area contributed by atoms with Crippen LogP contribution in [0.25, 0.3) is 0 Å². The van der Waals surface area contributed by atoms with E-state index in [1.807, 2.05) is 12.1 Å². The maximum absolute atomic E-state index is 11.3. The number of rotatable bonds is 3. The largest absolute Gasteiger partial charge is 0.478 e. The molecule has 104 valence electrons. The van der Waals surface area contributed by atoms with Gasteiger partial charge in [-0.15, -0.1) is 0 Å². The van der Waals surface area contributed by atoms with Crippen LogP contribution in [0.5, 0.6) is 0 Å². The Morgan fingerprint density at radius 1 is 1.32 bits per heavy atom. The molecular formula is C15H20BrNO2. The predicted molar refractivity (Wildman–Crippen MR) is 80.7 cm³/mol. The lowest BCUT2D eigenvalue weighted by Crippen LogP contribution is -2.30. The van der Waals surface area contributed by atoms with Gasteiger partial charge < -0.3 is 10.4 Å². The lowest BCUT2D eigenvalue weighted by Gasteiger charge is -2.33. The zero-order valence-corrected chi connectivity index (χ0v) is 12.9. The van der Waals surface area contributed by atoms with Gasteiger partial charge in [0.15, 0.2) is 0 Å². The summed E-state index contributed by atoms with van der Waals surface area (Å²) in [6.07, 6.45) is 3.42. The first kappa shape index (κ1) is 14.4. The Morgan fingerprint density at radius 3 is 2.68 bits per heavy atom. The highest BCUT2D eigenvalue weighted by Crippen LogP contribution is 2.33. The lowest BCUT2D eigenvalue weighted by molar-refractivity contribution is 0.0697. The third-order valence-electron chi connectivity index (χ3n) is 4.19. The molecule has 19 heavy (non-hydrogen) atoms. The Morgan fingerprint density at radius 2 is 2.05 bits per heavy atom. The van der Waals surface area contributed by atoms with E-state index in [1.54, 1.807) is 6.07 Å². The quantitative estimate of drug-likeness (QED) is 0.866. The molecule has 1 fully saturated rings. The summed E-state index contributed by atoms with van der Waals surface area (Å²) in [7, 11) is 0. The van der Waals surface area contributed by atoms with Gasteiger partial charge in [0.05, 0.1) is 11.3 Å². The topological polar surface area (TPSA) is 49.3 Å². The van der Waals surface area contributed by atoms with Crippen LogP contribution in [0.1, 0.15) is 43.5 Å². The molecule has 0 amide bonds. The molecule has 3 atom stereocenters. The van der Waals surface area contributed by atoms with Gasteiger partial charge in [0.25, 0.3) is 0 Å². The first-order valence-electron chi connectivity index (χ1n) is 6.77. The van der Waals surface area contributed by atoms with Crippen molar-refractivity contribution in [2.24, 2.45) is 11.8 Å². The monoisotopic (exact) mass is 325 g/mol. The second kappa shape index (κ2) is 5.95. The fourth-order valence-corrected chi connectivity index (χ4v) is 3.30. The first-order chi connectivity index (χ1) is 8.99. The summed E-state index contributed by atoms with van der Waals surface area (Å²) in [6.45, 7) is 4.57. The van der Waals surface area contributed by atoms with Crippen molar-refractivity contribution in [2.45, 2.75) is 39.2 Å². The number of nitrogens with one attached hydrogen (secondary N) is 1. The van der Waals surface area contributed by atoms with Crippen LogP contribution in [0.3, 0.4) is 0 Å². The van der Waals surface area contributed by atoms with Crippen LogP contribution in [-0.4, -0.2) is 17.1 Å². The number of carboxylic acid groups (broad SMARTS) is 1. The van der Waals surface area contributed by atoms with Gasteiger partial charge in [0.1, 0.15) is 0 Å². The summed E-state index contributed by atoms with van der Waals surface area (Å²) in [6, 6.07) is 5.85. The van der Waals surface area contributed by atoms with Gasteiger partial charge in [0, 0.05) is 10.5 Å². The van der Waals surface area contributed by atoms with E-state index in [9.17, 15) is 9.90 Å². The Hall–Kier alpha value is -1.03. The van der Waals surface area contributed by atoms with Gasteiger partial charge in [-0.05, 0) is 59.2 Å². The van der Waals surface area contributed by atoms with Crippen LogP contribution in [0.4, 0.5) is 5.69 Å². The predicted octanol–water partition coefficient (Wildman–Crippen LogP) is 4.38. The van der Waals surface area contributed by atoms with Crippen molar-refractivity contribution in [1.82, 2.24) is 0 Å². The minimum absolute atomic E-state index is 0.328. The summed E-state index contributed by atoms with van der Waals surface area (Å²) < 4.78 is 0.627. The molecule has 0 heterocycles. The van der Waals surface area contributed by atoms with Crippen molar-refractivity contribution in [3.8, 4) is 0 Å². The Bertz CT molecular complexity index is 475. The highest BCUT2D eigenvalue weighted by Gasteiger charge is 2.25. The van der Waals surface area contributed by atoms with E-state index in [0.29, 0.717) is 27.7 Å². The van der Waals surface area contributed by atoms with E-state index < -0.39 is 5.97 Å². The van der Waals surface area contributed by atoms with Crippen molar-refractivity contribution in [2.75, 3.05) is 5.32 Å². The van der Waals surface area contributed by atoms with Crippen molar-refractivity contribution >= 4 is 27.6 Å². The number of anilines is 1. The number of benzene rings is 1. The second-order valence-corrected chi connectivity index (χ2v) is 6.43. The van der Waals surface area contributed by atoms with E-state index in [2.05, 4.69) is 35.1 Å². The molecule has 0 aromatic heterocycles. The molecule has 1 saturated carbocycles. The maximum atomic E-state index is 11.3. The molecule has 0 aliphatic heterocycles. The van der Waals surface area contributed by atoms with Crippen molar-refractivity contribution in [3.05, 3.63) is 28.2 Å². The zero-order chi connectivity index (χ0) is 14.0. The van der Waals surface area contributed by atoms with Crippen molar-refractivity contribution < 1.29 is 9.90 Å². The van der Waals surface area contributed by atoms with Gasteiger partial charge in [0.2, 0.25) is 0 Å². The van der Waals surface area contributed by atoms with Gasteiger partial charge in [-0.1, -0.05) is 19.9 Å². The van der Waals surface area contributed by atoms with E-state index in [1.165, 1.54) is 6.42 Å². The lowest BCUT2D eigenvalue weighted by atomic mass is 9.79. The molecule has 2 N–H and O–H groups in total. The van der Waals surface area contributed by atoms with Crippen LogP contribution < -0.4 is 5.32 Å². The molecule has 2 rings (SSSR count). The number of carbonyl (C=O) groups is 1. The highest BCUT2D eigenvalue weighted by atomic mass is 79.9. The molecule has 3 unspecified atom stereocenters. The summed E-state index contributed by atoms with van der Waals surface area (Å²) in [5.41, 5.74) is 1.04. The molecule has 1 aliphatic carbocycles. The standard InChI is InChI=1S/C15H20BrNO2/c1-9-6-7-11(8-10(9)2)17-13-5-3-4-12(16)14(13)15(18)19/h3-5,9-11,17H,6-8H2,1-2H3,(H,18,19). The summed E-state index contributed by atoms with van der Waals surface area (Å²) >= 11 is 3.31. The first-order valence-corrected chi connectivity index (χ1v) is 7.56. The van der Waals surface area contributed by atoms with Crippen LogP contribution in [-0.2, 0) is 0 Å². The number of hydrogen-bond acceptors (Lipinski definition) is 2. The van der Waals surface area contributed by atoms with Gasteiger partial charge in [-0.25, -0.2) is 4.79 Å². The molecule has 3 nitrogen and oxygen atoms in total. The molecule has 1 aliphatic rings. The Balaban J connectivity index is 2.15. The second-order valence-electron chi connectivity index (χ2n) is 5.58. The smallest absolute Gasteiger partial charge is 0.338 e. The van der Waals surface area contributed by atoms with Gasteiger partial charge in [-0.3, -0.25) is 0 Å². The minimum Gasteiger partial charge on any atom is -0.478 e. The molecule has 4 heteroatoms. The highest BCUT2D eigenvalue weighted by molar-refractivity contribution is 9.10. The van der Waals surface area contributed by atoms with E-state index in [-0.39, 0.29) is 0 Å². The Kier molecular flexibility index (Phi) is 4.50. The summed E-state index contributed by atoms with van der Waals surface area (Å²) in [4.78, 5) is 11.3. The van der Waals surface area contributed by atoms with E-state index in [4.69, 9.17) is 0 Å². The zero-order valence-electron chi connectivity index (χ0n) is 11.3. The summed E-state index contributed by atoms with van der Waals surface area (Å²) in [5, 5.41) is 12.7. The normalized spacial score (nSPS) is 27.0. The third-order valence-corrected chi connectivity index (χ3v) is 4.85. The number of halogens is 1. The van der Waals surface area contributed by atoms with Crippen molar-refractivity contribution in [1.29, 1.82) is 0 Å². The molecule has 1 aromatic rings. The van der Waals surface area contributed by atoms with E-state index in [0.717, 1.165) is 18.8 Å². The van der Waals surface area contributed by atoms with E-state index >= 15 is 0 Å². The van der Waals surface area contributed by atoms with Crippen LogP contribution >= 0.6 is 15.9 Å². The number of carboxylic acids is 1. The van der Waals surface area contributed by atoms with Crippen molar-refractivity contribution in [3.63, 3.8) is 0 Å². The van der Waals surface area contributed by atoms with Crippen LogP contribution in [0, 0.1) is 11.8 Å². The van der Waals surface area contributed by atoms with Gasteiger partial charge in [-0.2, -0.15) is 0 Å². The molecule has 0 spiro atoms. The SMILES string of the molecule is CC1CCC(Nc2cccc(Br)c2C(=O)O)CC1C. The fourth-order valence-electron chi connectivity index (χ4n) is 2.76. The molecule has 1 aromatic carbocycles. The van der Waals surface area contributed by atoms with Gasteiger partial charge >= 0.3 is 5.97 Å². The fraction of sp³-hybridized carbons (Fsp3) is 0.533. The third kappa shape index (κ3) is 3.30. The molecular weight excluding hydrogens is 306 g/mol. The molecule has 0 bridgehead atoms. The molecule has 0 saturated heterocycles. The number of aromatic carboxylic acids is 1. The van der Waals surface area contributed by atoms with Crippen LogP contribution in [0.15, 0.2) is 22.7 Å². The summed E-state index contributed by atoms with van der Waals surface area (Å²) in [5.74, 6) is 0.554. The number of hydrogen-bond donors (Lipinski definition) is 2. The molecule has 0 radical (unpaired) electrons. The minimum atomic E-state index is -0.896. The average Bonchev–Trinajstić information content (AvgIpc) is 2.33. The average molecular weight is 326 g/mol. The van der Waals surface area contributed by atoms with Crippen LogP contribution in [0.2, 0.25) is 0 Å². The maximum Gasteiger partial charge on any atom is 0.338 e. The Labute approximate surface area is 122 Å².